The molecule has 0 fully saturated rings. The molecule has 0 aliphatic rings. The molecule has 0 rings (SSSR count). The zero-order valence-electron chi connectivity index (χ0n) is 12.3. The molecule has 0 aromatic carbocycles. The van der Waals surface area contributed by atoms with Crippen molar-refractivity contribution < 1.29 is 4.79 Å². The Labute approximate surface area is 107 Å². The lowest BCUT2D eigenvalue weighted by molar-refractivity contribution is -0.121. The summed E-state index contributed by atoms with van der Waals surface area (Å²) in [7, 11) is 0. The molecule has 3 nitrogen and oxygen atoms in total. The second-order valence-electron chi connectivity index (χ2n) is 5.81. The van der Waals surface area contributed by atoms with Crippen molar-refractivity contribution in [2.75, 3.05) is 13.1 Å². The van der Waals surface area contributed by atoms with E-state index in [-0.39, 0.29) is 5.91 Å². The van der Waals surface area contributed by atoms with Crippen LogP contribution in [0.3, 0.4) is 0 Å². The Bertz CT molecular complexity index is 204. The summed E-state index contributed by atoms with van der Waals surface area (Å²) in [6, 6.07) is 0.446. The standard InChI is InChI=1S/C14H30N2O/c1-10(2)13(11(3)4)9-16-14(17)7-8-15-12(5)6/h10-13,15H,7-9H2,1-6H3,(H,16,17). The van der Waals surface area contributed by atoms with Crippen molar-refractivity contribution in [3.8, 4) is 0 Å². The third-order valence-electron chi connectivity index (χ3n) is 3.15. The second-order valence-corrected chi connectivity index (χ2v) is 5.81. The summed E-state index contributed by atoms with van der Waals surface area (Å²) in [4.78, 5) is 11.6. The number of hydrogen-bond acceptors (Lipinski definition) is 2. The van der Waals surface area contributed by atoms with Crippen molar-refractivity contribution in [3.05, 3.63) is 0 Å². The van der Waals surface area contributed by atoms with E-state index in [0.29, 0.717) is 30.2 Å². The van der Waals surface area contributed by atoms with Gasteiger partial charge < -0.3 is 10.6 Å². The van der Waals surface area contributed by atoms with Crippen molar-refractivity contribution in [3.63, 3.8) is 0 Å². The monoisotopic (exact) mass is 242 g/mol. The highest BCUT2D eigenvalue weighted by molar-refractivity contribution is 5.76. The van der Waals surface area contributed by atoms with E-state index in [1.54, 1.807) is 0 Å². The van der Waals surface area contributed by atoms with Gasteiger partial charge in [-0.1, -0.05) is 41.5 Å². The summed E-state index contributed by atoms with van der Waals surface area (Å²) >= 11 is 0. The molecule has 0 saturated heterocycles. The Morgan fingerprint density at radius 1 is 1.00 bits per heavy atom. The number of carbonyl (C=O) groups excluding carboxylic acids is 1. The first kappa shape index (κ1) is 16.4. The van der Waals surface area contributed by atoms with Gasteiger partial charge in [-0.05, 0) is 17.8 Å². The summed E-state index contributed by atoms with van der Waals surface area (Å²) in [6.07, 6.45) is 0.571. The van der Waals surface area contributed by atoms with E-state index in [9.17, 15) is 4.79 Å². The van der Waals surface area contributed by atoms with Gasteiger partial charge in [-0.15, -0.1) is 0 Å². The third kappa shape index (κ3) is 8.19. The number of carbonyl (C=O) groups is 1. The van der Waals surface area contributed by atoms with Gasteiger partial charge in [0, 0.05) is 25.6 Å². The average Bonchev–Trinajstić information content (AvgIpc) is 2.15. The van der Waals surface area contributed by atoms with Crippen LogP contribution in [0.2, 0.25) is 0 Å². The smallest absolute Gasteiger partial charge is 0.221 e. The highest BCUT2D eigenvalue weighted by atomic mass is 16.1. The van der Waals surface area contributed by atoms with E-state index >= 15 is 0 Å². The van der Waals surface area contributed by atoms with E-state index in [1.165, 1.54) is 0 Å². The van der Waals surface area contributed by atoms with Crippen LogP contribution in [0, 0.1) is 17.8 Å². The normalized spacial score (nSPS) is 11.9. The lowest BCUT2D eigenvalue weighted by Crippen LogP contribution is -2.36. The van der Waals surface area contributed by atoms with Crippen LogP contribution in [0.5, 0.6) is 0 Å². The molecule has 2 N–H and O–H groups in total. The van der Waals surface area contributed by atoms with Gasteiger partial charge in [0.1, 0.15) is 0 Å². The molecule has 17 heavy (non-hydrogen) atoms. The van der Waals surface area contributed by atoms with Crippen LogP contribution in [0.15, 0.2) is 0 Å². The summed E-state index contributed by atoms with van der Waals surface area (Å²) in [5.41, 5.74) is 0. The van der Waals surface area contributed by atoms with Crippen molar-refractivity contribution in [1.29, 1.82) is 0 Å². The van der Waals surface area contributed by atoms with Crippen molar-refractivity contribution in [1.82, 2.24) is 10.6 Å². The zero-order chi connectivity index (χ0) is 13.4. The predicted octanol–water partition coefficient (Wildman–Crippen LogP) is 2.42. The first-order chi connectivity index (χ1) is 7.84. The Balaban J connectivity index is 3.81. The molecule has 0 aromatic rings. The third-order valence-corrected chi connectivity index (χ3v) is 3.15. The number of nitrogens with one attached hydrogen (secondary N) is 2. The molecule has 0 atom stereocenters. The Morgan fingerprint density at radius 3 is 1.94 bits per heavy atom. The van der Waals surface area contributed by atoms with Crippen LogP contribution in [0.4, 0.5) is 0 Å². The van der Waals surface area contributed by atoms with E-state index in [0.717, 1.165) is 13.1 Å². The van der Waals surface area contributed by atoms with Gasteiger partial charge in [-0.3, -0.25) is 4.79 Å². The second kappa shape index (κ2) is 8.51. The highest BCUT2D eigenvalue weighted by Crippen LogP contribution is 2.19. The van der Waals surface area contributed by atoms with Gasteiger partial charge in [0.2, 0.25) is 5.91 Å². The molecule has 0 spiro atoms. The summed E-state index contributed by atoms with van der Waals surface area (Å²) in [5, 5.41) is 6.29. The van der Waals surface area contributed by atoms with Gasteiger partial charge in [0.05, 0.1) is 0 Å². The molecule has 0 radical (unpaired) electrons. The topological polar surface area (TPSA) is 41.1 Å². The molecule has 0 aromatic heterocycles. The number of rotatable bonds is 8. The van der Waals surface area contributed by atoms with Gasteiger partial charge >= 0.3 is 0 Å². The van der Waals surface area contributed by atoms with Crippen molar-refractivity contribution in [2.24, 2.45) is 17.8 Å². The minimum absolute atomic E-state index is 0.157. The first-order valence-electron chi connectivity index (χ1n) is 6.84. The van der Waals surface area contributed by atoms with Gasteiger partial charge in [-0.2, -0.15) is 0 Å². The van der Waals surface area contributed by atoms with Crippen LogP contribution in [-0.2, 0) is 4.79 Å². The van der Waals surface area contributed by atoms with E-state index < -0.39 is 0 Å². The average molecular weight is 242 g/mol. The largest absolute Gasteiger partial charge is 0.356 e. The summed E-state index contributed by atoms with van der Waals surface area (Å²) < 4.78 is 0. The Morgan fingerprint density at radius 2 is 1.53 bits per heavy atom. The minimum atomic E-state index is 0.157. The molecule has 3 heteroatoms. The van der Waals surface area contributed by atoms with Crippen LogP contribution in [-0.4, -0.2) is 25.0 Å². The Hall–Kier alpha value is -0.570. The Kier molecular flexibility index (Phi) is 8.23. The summed E-state index contributed by atoms with van der Waals surface area (Å²) in [5.74, 6) is 1.95. The fraction of sp³-hybridized carbons (Fsp3) is 0.929. The quantitative estimate of drug-likeness (QED) is 0.686. The maximum absolute atomic E-state index is 11.6. The van der Waals surface area contributed by atoms with Crippen molar-refractivity contribution >= 4 is 5.91 Å². The van der Waals surface area contributed by atoms with Crippen LogP contribution in [0.1, 0.15) is 48.0 Å². The molecular weight excluding hydrogens is 212 g/mol. The molecule has 1 amide bonds. The number of amides is 1. The molecule has 0 bridgehead atoms. The fourth-order valence-electron chi connectivity index (χ4n) is 2.04. The molecule has 102 valence electrons. The fourth-order valence-corrected chi connectivity index (χ4v) is 2.04. The van der Waals surface area contributed by atoms with Crippen LogP contribution >= 0.6 is 0 Å². The summed E-state index contributed by atoms with van der Waals surface area (Å²) in [6.45, 7) is 14.6. The maximum atomic E-state index is 11.6. The minimum Gasteiger partial charge on any atom is -0.356 e. The molecule has 0 aliphatic carbocycles. The molecule has 0 saturated carbocycles. The first-order valence-corrected chi connectivity index (χ1v) is 6.84. The van der Waals surface area contributed by atoms with Crippen LogP contribution in [0.25, 0.3) is 0 Å². The van der Waals surface area contributed by atoms with E-state index in [1.807, 2.05) is 0 Å². The van der Waals surface area contributed by atoms with Crippen molar-refractivity contribution in [2.45, 2.75) is 54.0 Å². The lowest BCUT2D eigenvalue weighted by atomic mass is 9.85. The van der Waals surface area contributed by atoms with Gasteiger partial charge in [0.25, 0.3) is 0 Å². The van der Waals surface area contributed by atoms with E-state index in [2.05, 4.69) is 52.2 Å². The highest BCUT2D eigenvalue weighted by Gasteiger charge is 2.17. The SMILES string of the molecule is CC(C)NCCC(=O)NCC(C(C)C)C(C)C. The molecule has 0 aliphatic heterocycles. The van der Waals surface area contributed by atoms with Gasteiger partial charge in [-0.25, -0.2) is 0 Å². The maximum Gasteiger partial charge on any atom is 0.221 e. The molecular formula is C14H30N2O. The molecule has 0 heterocycles. The van der Waals surface area contributed by atoms with Gasteiger partial charge in [0.15, 0.2) is 0 Å². The van der Waals surface area contributed by atoms with E-state index in [4.69, 9.17) is 0 Å². The number of hydrogen-bond donors (Lipinski definition) is 2. The predicted molar refractivity (Wildman–Crippen MR) is 73.9 cm³/mol. The van der Waals surface area contributed by atoms with Crippen LogP contribution < -0.4 is 10.6 Å². The lowest BCUT2D eigenvalue weighted by Gasteiger charge is -2.25. The molecule has 0 unspecified atom stereocenters. The zero-order valence-corrected chi connectivity index (χ0v) is 12.3.